The highest BCUT2D eigenvalue weighted by Crippen LogP contribution is 2.24. The number of hydrogen-bond donors (Lipinski definition) is 0. The van der Waals surface area contributed by atoms with E-state index < -0.39 is 15.9 Å². The SMILES string of the molecule is CCC(Oc1ccccc1)C(=O)N1CCc2c(cnn2-c2ccc(S(C)(=O)=O)cc2)C1. The zero-order valence-electron chi connectivity index (χ0n) is 17.6. The Hall–Kier alpha value is -3.13. The number of para-hydroxylation sites is 1. The molecule has 1 aliphatic rings. The molecule has 1 aliphatic heterocycles. The Bertz CT molecular complexity index is 1170. The molecule has 0 radical (unpaired) electrons. The number of hydrogen-bond acceptors (Lipinski definition) is 5. The lowest BCUT2D eigenvalue weighted by Crippen LogP contribution is -2.44. The molecule has 4 rings (SSSR count). The minimum absolute atomic E-state index is 0.0257. The molecular formula is C23H25N3O4S. The van der Waals surface area contributed by atoms with E-state index in [9.17, 15) is 13.2 Å². The van der Waals surface area contributed by atoms with Gasteiger partial charge < -0.3 is 9.64 Å². The highest BCUT2D eigenvalue weighted by molar-refractivity contribution is 7.90. The molecule has 2 heterocycles. The van der Waals surface area contributed by atoms with Gasteiger partial charge in [-0.15, -0.1) is 0 Å². The Morgan fingerprint density at radius 2 is 1.84 bits per heavy atom. The lowest BCUT2D eigenvalue weighted by Gasteiger charge is -2.30. The summed E-state index contributed by atoms with van der Waals surface area (Å²) in [5.74, 6) is 0.660. The minimum Gasteiger partial charge on any atom is -0.481 e. The first-order valence-electron chi connectivity index (χ1n) is 10.2. The summed E-state index contributed by atoms with van der Waals surface area (Å²) in [4.78, 5) is 15.2. The average molecular weight is 440 g/mol. The predicted molar refractivity (Wildman–Crippen MR) is 117 cm³/mol. The van der Waals surface area contributed by atoms with Crippen LogP contribution in [0.4, 0.5) is 0 Å². The largest absolute Gasteiger partial charge is 0.481 e. The molecule has 0 spiro atoms. The van der Waals surface area contributed by atoms with Crippen molar-refractivity contribution in [3.8, 4) is 11.4 Å². The van der Waals surface area contributed by atoms with Crippen molar-refractivity contribution in [3.63, 3.8) is 0 Å². The number of rotatable bonds is 6. The van der Waals surface area contributed by atoms with Gasteiger partial charge in [-0.25, -0.2) is 13.1 Å². The average Bonchev–Trinajstić information content (AvgIpc) is 3.20. The lowest BCUT2D eigenvalue weighted by molar-refractivity contribution is -0.139. The summed E-state index contributed by atoms with van der Waals surface area (Å²) in [5.41, 5.74) is 2.82. The molecule has 31 heavy (non-hydrogen) atoms. The molecular weight excluding hydrogens is 414 g/mol. The summed E-state index contributed by atoms with van der Waals surface area (Å²) in [6.45, 7) is 3.00. The molecule has 0 bridgehead atoms. The first kappa shape index (κ1) is 21.1. The van der Waals surface area contributed by atoms with Crippen LogP contribution in [-0.2, 0) is 27.6 Å². The van der Waals surface area contributed by atoms with Crippen molar-refractivity contribution in [3.05, 3.63) is 72.1 Å². The molecule has 7 nitrogen and oxygen atoms in total. The van der Waals surface area contributed by atoms with Crippen molar-refractivity contribution in [2.45, 2.75) is 37.3 Å². The summed E-state index contributed by atoms with van der Waals surface area (Å²) in [6, 6.07) is 16.1. The van der Waals surface area contributed by atoms with Gasteiger partial charge in [-0.3, -0.25) is 4.79 Å². The number of fused-ring (bicyclic) bond motifs is 1. The second-order valence-corrected chi connectivity index (χ2v) is 9.65. The van der Waals surface area contributed by atoms with Crippen molar-refractivity contribution in [1.82, 2.24) is 14.7 Å². The third-order valence-electron chi connectivity index (χ3n) is 5.42. The van der Waals surface area contributed by atoms with Crippen LogP contribution in [0.25, 0.3) is 5.69 Å². The fourth-order valence-electron chi connectivity index (χ4n) is 3.75. The van der Waals surface area contributed by atoms with E-state index in [4.69, 9.17) is 4.74 Å². The van der Waals surface area contributed by atoms with E-state index in [1.165, 1.54) is 6.26 Å². The topological polar surface area (TPSA) is 81.5 Å². The van der Waals surface area contributed by atoms with E-state index in [0.29, 0.717) is 31.7 Å². The van der Waals surface area contributed by atoms with Gasteiger partial charge in [0.15, 0.2) is 15.9 Å². The second-order valence-electron chi connectivity index (χ2n) is 7.63. The molecule has 0 fully saturated rings. The van der Waals surface area contributed by atoms with Gasteiger partial charge in [0.05, 0.1) is 22.5 Å². The van der Waals surface area contributed by atoms with Crippen LogP contribution < -0.4 is 4.74 Å². The van der Waals surface area contributed by atoms with Gasteiger partial charge in [-0.1, -0.05) is 25.1 Å². The Labute approximate surface area is 182 Å². The molecule has 2 aromatic carbocycles. The van der Waals surface area contributed by atoms with Gasteiger partial charge in [-0.05, 0) is 42.8 Å². The van der Waals surface area contributed by atoms with Crippen LogP contribution in [0.15, 0.2) is 65.7 Å². The van der Waals surface area contributed by atoms with Gasteiger partial charge in [0.2, 0.25) is 0 Å². The van der Waals surface area contributed by atoms with Crippen LogP contribution in [0.1, 0.15) is 24.6 Å². The second kappa shape index (κ2) is 8.55. The fourth-order valence-corrected chi connectivity index (χ4v) is 4.38. The summed E-state index contributed by atoms with van der Waals surface area (Å²) in [6.07, 6.45) is 3.69. The first-order valence-corrected chi connectivity index (χ1v) is 12.1. The van der Waals surface area contributed by atoms with Gasteiger partial charge in [0.25, 0.3) is 5.91 Å². The van der Waals surface area contributed by atoms with Gasteiger partial charge >= 0.3 is 0 Å². The third kappa shape index (κ3) is 4.49. The molecule has 1 unspecified atom stereocenters. The van der Waals surface area contributed by atoms with Crippen molar-refractivity contribution >= 4 is 15.7 Å². The quantitative estimate of drug-likeness (QED) is 0.590. The van der Waals surface area contributed by atoms with Gasteiger partial charge in [0, 0.05) is 31.3 Å². The highest BCUT2D eigenvalue weighted by atomic mass is 32.2. The number of sulfone groups is 1. The van der Waals surface area contributed by atoms with Crippen LogP contribution in [-0.4, -0.2) is 47.9 Å². The molecule has 1 aromatic heterocycles. The van der Waals surface area contributed by atoms with E-state index in [2.05, 4.69) is 5.10 Å². The standard InChI is InChI=1S/C23H25N3O4S/c1-3-22(30-19-7-5-4-6-8-19)23(27)25-14-13-21-17(16-25)15-24-26(21)18-9-11-20(12-10-18)31(2,28)29/h4-12,15,22H,3,13-14,16H2,1-2H3. The van der Waals surface area contributed by atoms with E-state index >= 15 is 0 Å². The smallest absolute Gasteiger partial charge is 0.263 e. The fraction of sp³-hybridized carbons (Fsp3) is 0.304. The Balaban J connectivity index is 1.50. The van der Waals surface area contributed by atoms with Crippen LogP contribution in [0.3, 0.4) is 0 Å². The minimum atomic E-state index is -3.24. The number of benzene rings is 2. The number of carbonyl (C=O) groups excluding carboxylic acids is 1. The van der Waals surface area contributed by atoms with Crippen LogP contribution in [0, 0.1) is 0 Å². The number of nitrogens with zero attached hydrogens (tertiary/aromatic N) is 3. The highest BCUT2D eigenvalue weighted by Gasteiger charge is 2.29. The molecule has 1 amide bonds. The molecule has 0 aliphatic carbocycles. The van der Waals surface area contributed by atoms with Crippen LogP contribution in [0.5, 0.6) is 5.75 Å². The maximum atomic E-state index is 13.1. The molecule has 1 atom stereocenters. The summed E-state index contributed by atoms with van der Waals surface area (Å²) in [7, 11) is -3.24. The van der Waals surface area contributed by atoms with Crippen molar-refractivity contribution in [2.75, 3.05) is 12.8 Å². The molecule has 0 saturated heterocycles. The zero-order chi connectivity index (χ0) is 22.0. The first-order chi connectivity index (χ1) is 14.9. The van der Waals surface area contributed by atoms with Gasteiger partial charge in [-0.2, -0.15) is 5.10 Å². The monoisotopic (exact) mass is 439 g/mol. The van der Waals surface area contributed by atoms with Crippen molar-refractivity contribution in [2.24, 2.45) is 0 Å². The molecule has 8 heteroatoms. The molecule has 162 valence electrons. The molecule has 3 aromatic rings. The van der Waals surface area contributed by atoms with Crippen LogP contribution in [0.2, 0.25) is 0 Å². The normalized spacial score (nSPS) is 14.7. The maximum Gasteiger partial charge on any atom is 0.263 e. The lowest BCUT2D eigenvalue weighted by atomic mass is 10.1. The third-order valence-corrected chi connectivity index (χ3v) is 6.55. The van der Waals surface area contributed by atoms with E-state index in [0.717, 1.165) is 16.9 Å². The number of aromatic nitrogens is 2. The number of carbonyl (C=O) groups is 1. The summed E-state index contributed by atoms with van der Waals surface area (Å²) < 4.78 is 31.1. The zero-order valence-corrected chi connectivity index (χ0v) is 18.4. The van der Waals surface area contributed by atoms with E-state index in [-0.39, 0.29) is 10.8 Å². The van der Waals surface area contributed by atoms with Crippen molar-refractivity contribution < 1.29 is 17.9 Å². The molecule has 0 N–H and O–H groups in total. The van der Waals surface area contributed by atoms with E-state index in [1.807, 2.05) is 46.8 Å². The van der Waals surface area contributed by atoms with Crippen molar-refractivity contribution in [1.29, 1.82) is 0 Å². The van der Waals surface area contributed by atoms with Gasteiger partial charge in [0.1, 0.15) is 5.75 Å². The Morgan fingerprint density at radius 3 is 2.48 bits per heavy atom. The number of amides is 1. The summed E-state index contributed by atoms with van der Waals surface area (Å²) in [5, 5.41) is 4.48. The Kier molecular flexibility index (Phi) is 5.82. The maximum absolute atomic E-state index is 13.1. The predicted octanol–water partition coefficient (Wildman–Crippen LogP) is 3.02. The summed E-state index contributed by atoms with van der Waals surface area (Å²) >= 11 is 0. The molecule has 0 saturated carbocycles. The Morgan fingerprint density at radius 1 is 1.13 bits per heavy atom. The van der Waals surface area contributed by atoms with E-state index in [1.54, 1.807) is 30.5 Å². The number of ether oxygens (including phenoxy) is 1. The van der Waals surface area contributed by atoms with Crippen LogP contribution >= 0.6 is 0 Å².